The smallest absolute Gasteiger partial charge is 0.227 e. The Bertz CT molecular complexity index is 722. The van der Waals surface area contributed by atoms with Gasteiger partial charge in [-0.15, -0.1) is 11.3 Å². The fraction of sp³-hybridized carbons (Fsp3) is 0.421. The zero-order valence-electron chi connectivity index (χ0n) is 14.1. The van der Waals surface area contributed by atoms with Crippen molar-refractivity contribution in [3.05, 3.63) is 45.1 Å². The third-order valence-electron chi connectivity index (χ3n) is 4.66. The van der Waals surface area contributed by atoms with Crippen LogP contribution in [0.1, 0.15) is 36.1 Å². The summed E-state index contributed by atoms with van der Waals surface area (Å²) in [6.07, 6.45) is 4.39. The molecule has 0 saturated heterocycles. The van der Waals surface area contributed by atoms with Gasteiger partial charge < -0.3 is 10.2 Å². The van der Waals surface area contributed by atoms with E-state index in [2.05, 4.69) is 35.5 Å². The number of nitrogens with one attached hydrogen (secondary N) is 1. The van der Waals surface area contributed by atoms with Crippen molar-refractivity contribution in [3.63, 3.8) is 0 Å². The van der Waals surface area contributed by atoms with E-state index in [0.717, 1.165) is 40.7 Å². The van der Waals surface area contributed by atoms with Crippen LogP contribution in [-0.4, -0.2) is 13.0 Å². The van der Waals surface area contributed by atoms with Crippen molar-refractivity contribution in [1.82, 2.24) is 0 Å². The van der Waals surface area contributed by atoms with Crippen LogP contribution in [0.5, 0.6) is 0 Å². The minimum Gasteiger partial charge on any atom is -0.369 e. The Labute approximate surface area is 152 Å². The number of amides is 1. The quantitative estimate of drug-likeness (QED) is 0.764. The highest BCUT2D eigenvalue weighted by atomic mass is 35.5. The van der Waals surface area contributed by atoms with Gasteiger partial charge >= 0.3 is 0 Å². The van der Waals surface area contributed by atoms with Crippen LogP contribution >= 0.6 is 22.9 Å². The lowest BCUT2D eigenvalue weighted by molar-refractivity contribution is -0.119. The molecule has 0 spiro atoms. The molecule has 0 radical (unpaired) electrons. The van der Waals surface area contributed by atoms with Gasteiger partial charge in [-0.05, 0) is 55.7 Å². The average Bonchev–Trinajstić information content (AvgIpc) is 3.21. The molecule has 1 aliphatic carbocycles. The first-order chi connectivity index (χ1) is 11.5. The third-order valence-corrected chi connectivity index (χ3v) is 5.87. The second kappa shape index (κ2) is 7.58. The van der Waals surface area contributed by atoms with Gasteiger partial charge in [0.05, 0.1) is 10.9 Å². The van der Waals surface area contributed by atoms with E-state index in [1.54, 1.807) is 11.3 Å². The molecular formula is C19H23ClN2OS. The van der Waals surface area contributed by atoms with Crippen LogP contribution < -0.4 is 10.2 Å². The lowest BCUT2D eigenvalue weighted by Crippen LogP contribution is -2.21. The monoisotopic (exact) mass is 362 g/mol. The molecule has 0 unspecified atom stereocenters. The van der Waals surface area contributed by atoms with Crippen LogP contribution in [0.3, 0.4) is 0 Å². The summed E-state index contributed by atoms with van der Waals surface area (Å²) in [5.74, 6) is 0.361. The van der Waals surface area contributed by atoms with E-state index >= 15 is 0 Å². The molecule has 1 heterocycles. The number of aryl methyl sites for hydroxylation is 1. The van der Waals surface area contributed by atoms with Gasteiger partial charge in [-0.1, -0.05) is 24.4 Å². The summed E-state index contributed by atoms with van der Waals surface area (Å²) in [7, 11) is 2.07. The highest BCUT2D eigenvalue weighted by molar-refractivity contribution is 7.16. The van der Waals surface area contributed by atoms with Crippen molar-refractivity contribution in [2.24, 2.45) is 5.92 Å². The zero-order chi connectivity index (χ0) is 17.1. The SMILES string of the molecule is Cc1cc(N(C)Cc2ccc(Cl)s2)ccc1NC(=O)C1CCCC1. The lowest BCUT2D eigenvalue weighted by atomic mass is 10.1. The molecule has 3 nitrogen and oxygen atoms in total. The number of anilines is 2. The Kier molecular flexibility index (Phi) is 5.47. The number of rotatable bonds is 5. The molecule has 0 atom stereocenters. The van der Waals surface area contributed by atoms with Gasteiger partial charge in [0.1, 0.15) is 0 Å². The number of halogens is 1. The molecule has 1 fully saturated rings. The van der Waals surface area contributed by atoms with Crippen molar-refractivity contribution in [1.29, 1.82) is 0 Å². The Morgan fingerprint density at radius 2 is 2.04 bits per heavy atom. The van der Waals surface area contributed by atoms with Crippen LogP contribution in [0, 0.1) is 12.8 Å². The molecule has 1 N–H and O–H groups in total. The molecular weight excluding hydrogens is 340 g/mol. The first-order valence-corrected chi connectivity index (χ1v) is 9.59. The van der Waals surface area contributed by atoms with Crippen LogP contribution in [0.4, 0.5) is 11.4 Å². The van der Waals surface area contributed by atoms with Gasteiger partial charge in [0.15, 0.2) is 0 Å². The highest BCUT2D eigenvalue weighted by Crippen LogP contribution is 2.29. The number of hydrogen-bond donors (Lipinski definition) is 1. The van der Waals surface area contributed by atoms with Crippen LogP contribution in [-0.2, 0) is 11.3 Å². The predicted molar refractivity (Wildman–Crippen MR) is 103 cm³/mol. The average molecular weight is 363 g/mol. The Hall–Kier alpha value is -1.52. The standard InChI is InChI=1S/C19H23ClN2OS/c1-13-11-15(22(2)12-16-8-10-18(20)24-16)7-9-17(13)21-19(23)14-5-3-4-6-14/h7-11,14H,3-6,12H2,1-2H3,(H,21,23). The number of nitrogens with zero attached hydrogens (tertiary/aromatic N) is 1. The lowest BCUT2D eigenvalue weighted by Gasteiger charge is -2.20. The fourth-order valence-corrected chi connectivity index (χ4v) is 4.35. The van der Waals surface area contributed by atoms with Gasteiger partial charge in [-0.3, -0.25) is 4.79 Å². The molecule has 0 bridgehead atoms. The maximum Gasteiger partial charge on any atom is 0.227 e. The molecule has 0 aliphatic heterocycles. The number of carbonyl (C=O) groups excluding carboxylic acids is 1. The summed E-state index contributed by atoms with van der Waals surface area (Å²) in [5.41, 5.74) is 3.15. The highest BCUT2D eigenvalue weighted by Gasteiger charge is 2.23. The maximum atomic E-state index is 12.3. The van der Waals surface area contributed by atoms with Crippen molar-refractivity contribution < 1.29 is 4.79 Å². The Balaban J connectivity index is 1.66. The van der Waals surface area contributed by atoms with Crippen molar-refractivity contribution >= 4 is 40.2 Å². The number of thiophene rings is 1. The van der Waals surface area contributed by atoms with Crippen LogP contribution in [0.2, 0.25) is 4.34 Å². The topological polar surface area (TPSA) is 32.3 Å². The molecule has 2 aromatic rings. The third kappa shape index (κ3) is 4.11. The van der Waals surface area contributed by atoms with Crippen LogP contribution in [0.25, 0.3) is 0 Å². The second-order valence-electron chi connectivity index (χ2n) is 6.53. The Morgan fingerprint density at radius 3 is 2.67 bits per heavy atom. The molecule has 1 saturated carbocycles. The Morgan fingerprint density at radius 1 is 1.29 bits per heavy atom. The molecule has 128 valence electrons. The van der Waals surface area contributed by atoms with Gasteiger partial charge in [0.25, 0.3) is 0 Å². The van der Waals surface area contributed by atoms with E-state index in [0.29, 0.717) is 0 Å². The normalized spacial score (nSPS) is 14.8. The minimum atomic E-state index is 0.171. The van der Waals surface area contributed by atoms with Crippen molar-refractivity contribution in [2.75, 3.05) is 17.3 Å². The van der Waals surface area contributed by atoms with Crippen LogP contribution in [0.15, 0.2) is 30.3 Å². The molecule has 1 aliphatic rings. The molecule has 5 heteroatoms. The number of benzene rings is 1. The summed E-state index contributed by atoms with van der Waals surface area (Å²) < 4.78 is 0.819. The largest absolute Gasteiger partial charge is 0.369 e. The maximum absolute atomic E-state index is 12.3. The minimum absolute atomic E-state index is 0.171. The van der Waals surface area contributed by atoms with E-state index in [1.165, 1.54) is 17.7 Å². The summed E-state index contributed by atoms with van der Waals surface area (Å²) in [4.78, 5) is 15.7. The fourth-order valence-electron chi connectivity index (χ4n) is 3.21. The van der Waals surface area contributed by atoms with E-state index in [9.17, 15) is 4.79 Å². The van der Waals surface area contributed by atoms with E-state index < -0.39 is 0 Å². The van der Waals surface area contributed by atoms with Crippen molar-refractivity contribution in [2.45, 2.75) is 39.2 Å². The first kappa shape index (κ1) is 17.3. The van der Waals surface area contributed by atoms with Gasteiger partial charge in [-0.2, -0.15) is 0 Å². The van der Waals surface area contributed by atoms with Gasteiger partial charge in [-0.25, -0.2) is 0 Å². The van der Waals surface area contributed by atoms with E-state index in [-0.39, 0.29) is 11.8 Å². The summed E-state index contributed by atoms with van der Waals surface area (Å²) in [6.45, 7) is 2.87. The number of hydrogen-bond acceptors (Lipinski definition) is 3. The van der Waals surface area contributed by atoms with E-state index in [4.69, 9.17) is 11.6 Å². The van der Waals surface area contributed by atoms with Gasteiger partial charge in [0.2, 0.25) is 5.91 Å². The van der Waals surface area contributed by atoms with E-state index in [1.807, 2.05) is 19.1 Å². The first-order valence-electron chi connectivity index (χ1n) is 8.40. The molecule has 3 rings (SSSR count). The molecule has 1 aromatic heterocycles. The van der Waals surface area contributed by atoms with Gasteiger partial charge in [0, 0.05) is 29.2 Å². The second-order valence-corrected chi connectivity index (χ2v) is 8.33. The molecule has 1 aromatic carbocycles. The summed E-state index contributed by atoms with van der Waals surface area (Å²) in [6, 6.07) is 10.2. The molecule has 24 heavy (non-hydrogen) atoms. The number of carbonyl (C=O) groups is 1. The summed E-state index contributed by atoms with van der Waals surface area (Å²) >= 11 is 7.61. The zero-order valence-corrected chi connectivity index (χ0v) is 15.7. The predicted octanol–water partition coefficient (Wildman–Crippen LogP) is 5.48. The van der Waals surface area contributed by atoms with Crippen molar-refractivity contribution in [3.8, 4) is 0 Å². The molecule has 1 amide bonds. The summed E-state index contributed by atoms with van der Waals surface area (Å²) in [5, 5.41) is 3.10.